The first-order valence-electron chi connectivity index (χ1n) is 8.24. The highest BCUT2D eigenvalue weighted by molar-refractivity contribution is 5.88. The van der Waals surface area contributed by atoms with Crippen LogP contribution in [0, 0.1) is 17.7 Å². The van der Waals surface area contributed by atoms with Crippen LogP contribution in [0.1, 0.15) is 54.9 Å². The van der Waals surface area contributed by atoms with Crippen molar-refractivity contribution in [2.24, 2.45) is 0 Å². The van der Waals surface area contributed by atoms with Gasteiger partial charge in [-0.3, -0.25) is 0 Å². The third kappa shape index (κ3) is 4.96. The summed E-state index contributed by atoms with van der Waals surface area (Å²) >= 11 is 0. The van der Waals surface area contributed by atoms with Gasteiger partial charge in [-0.2, -0.15) is 0 Å². The van der Waals surface area contributed by atoms with Crippen molar-refractivity contribution >= 4 is 5.97 Å². The van der Waals surface area contributed by atoms with Gasteiger partial charge in [-0.1, -0.05) is 56.2 Å². The normalized spacial score (nSPS) is 10.1. The lowest BCUT2D eigenvalue weighted by Gasteiger charge is -2.06. The molecule has 2 aromatic rings. The first-order valence-corrected chi connectivity index (χ1v) is 8.24. The summed E-state index contributed by atoms with van der Waals surface area (Å²) in [4.78, 5) is 10.9. The zero-order valence-electron chi connectivity index (χ0n) is 13.8. The maximum absolute atomic E-state index is 13.6. The van der Waals surface area contributed by atoms with Crippen LogP contribution in [0.25, 0.3) is 11.1 Å². The summed E-state index contributed by atoms with van der Waals surface area (Å²) in [5.41, 5.74) is 2.50. The number of hydrogen-bond acceptors (Lipinski definition) is 1. The number of carboxylic acid groups (broad SMARTS) is 1. The molecule has 0 saturated carbocycles. The Balaban J connectivity index is 2.21. The molecule has 0 aliphatic carbocycles. The van der Waals surface area contributed by atoms with Crippen molar-refractivity contribution in [3.8, 4) is 23.0 Å². The van der Waals surface area contributed by atoms with Crippen molar-refractivity contribution in [1.82, 2.24) is 0 Å². The van der Waals surface area contributed by atoms with Gasteiger partial charge in [0.2, 0.25) is 0 Å². The minimum atomic E-state index is -0.965. The molecule has 0 aromatic heterocycles. The van der Waals surface area contributed by atoms with Gasteiger partial charge in [-0.05, 0) is 41.8 Å². The van der Waals surface area contributed by atoms with Crippen LogP contribution in [0.4, 0.5) is 4.39 Å². The van der Waals surface area contributed by atoms with Gasteiger partial charge in [0.15, 0.2) is 0 Å². The highest BCUT2D eigenvalue weighted by Gasteiger charge is 2.07. The first-order chi connectivity index (χ1) is 11.6. The van der Waals surface area contributed by atoms with Crippen molar-refractivity contribution in [1.29, 1.82) is 0 Å². The SMILES string of the molecule is CCCCCCC#Cc1cc(F)ccc1-c1ccc(C(=O)O)cc1. The van der Waals surface area contributed by atoms with E-state index in [4.69, 9.17) is 5.11 Å². The summed E-state index contributed by atoms with van der Waals surface area (Å²) < 4.78 is 13.6. The van der Waals surface area contributed by atoms with Crippen LogP contribution in [-0.4, -0.2) is 11.1 Å². The van der Waals surface area contributed by atoms with Crippen LogP contribution in [0.3, 0.4) is 0 Å². The molecule has 0 fully saturated rings. The molecule has 2 rings (SSSR count). The number of halogens is 1. The largest absolute Gasteiger partial charge is 0.478 e. The van der Waals surface area contributed by atoms with E-state index in [0.29, 0.717) is 5.56 Å². The van der Waals surface area contributed by atoms with Crippen LogP contribution in [0.5, 0.6) is 0 Å². The Hall–Kier alpha value is -2.60. The second kappa shape index (κ2) is 8.88. The topological polar surface area (TPSA) is 37.3 Å². The predicted molar refractivity (Wildman–Crippen MR) is 94.4 cm³/mol. The zero-order valence-corrected chi connectivity index (χ0v) is 13.8. The molecule has 124 valence electrons. The zero-order chi connectivity index (χ0) is 17.4. The Morgan fingerprint density at radius 2 is 1.83 bits per heavy atom. The molecular weight excluding hydrogens is 303 g/mol. The van der Waals surface area contributed by atoms with Crippen molar-refractivity contribution in [3.05, 3.63) is 59.4 Å². The van der Waals surface area contributed by atoms with Crippen LogP contribution in [0.15, 0.2) is 42.5 Å². The third-order valence-corrected chi connectivity index (χ3v) is 3.80. The summed E-state index contributed by atoms with van der Waals surface area (Å²) in [7, 11) is 0. The fraction of sp³-hybridized carbons (Fsp3) is 0.286. The molecule has 3 heteroatoms. The van der Waals surface area contributed by atoms with Crippen LogP contribution in [-0.2, 0) is 0 Å². The minimum Gasteiger partial charge on any atom is -0.478 e. The Bertz CT molecular complexity index is 752. The molecular formula is C21H21FO2. The van der Waals surface area contributed by atoms with E-state index in [-0.39, 0.29) is 11.4 Å². The van der Waals surface area contributed by atoms with E-state index in [1.54, 1.807) is 30.3 Å². The van der Waals surface area contributed by atoms with Crippen molar-refractivity contribution in [3.63, 3.8) is 0 Å². The van der Waals surface area contributed by atoms with E-state index in [2.05, 4.69) is 18.8 Å². The van der Waals surface area contributed by atoms with Gasteiger partial charge in [0, 0.05) is 12.0 Å². The smallest absolute Gasteiger partial charge is 0.335 e. The van der Waals surface area contributed by atoms with E-state index in [1.807, 2.05) is 0 Å². The number of hydrogen-bond donors (Lipinski definition) is 1. The van der Waals surface area contributed by atoms with Crippen LogP contribution >= 0.6 is 0 Å². The second-order valence-corrected chi connectivity index (χ2v) is 5.68. The standard InChI is InChI=1S/C21H21FO2/c1-2-3-4-5-6-7-8-18-15-19(22)13-14-20(18)16-9-11-17(12-10-16)21(23)24/h9-15H,2-6H2,1H3,(H,23,24). The summed E-state index contributed by atoms with van der Waals surface area (Å²) in [5.74, 6) is 4.89. The quantitative estimate of drug-likeness (QED) is 0.561. The second-order valence-electron chi connectivity index (χ2n) is 5.68. The van der Waals surface area contributed by atoms with Crippen molar-refractivity contribution < 1.29 is 14.3 Å². The van der Waals surface area contributed by atoms with Crippen molar-refractivity contribution in [2.75, 3.05) is 0 Å². The van der Waals surface area contributed by atoms with Gasteiger partial charge in [0.25, 0.3) is 0 Å². The fourth-order valence-corrected chi connectivity index (χ4v) is 2.46. The number of carbonyl (C=O) groups is 1. The molecule has 1 N–H and O–H groups in total. The summed E-state index contributed by atoms with van der Waals surface area (Å²) in [6, 6.07) is 11.1. The molecule has 0 atom stereocenters. The third-order valence-electron chi connectivity index (χ3n) is 3.80. The van der Waals surface area contributed by atoms with Gasteiger partial charge in [0.1, 0.15) is 5.82 Å². The monoisotopic (exact) mass is 324 g/mol. The Kier molecular flexibility index (Phi) is 6.57. The molecule has 0 heterocycles. The molecule has 2 aromatic carbocycles. The highest BCUT2D eigenvalue weighted by Crippen LogP contribution is 2.24. The number of carboxylic acids is 1. The average Bonchev–Trinajstić information content (AvgIpc) is 2.58. The molecule has 0 aliphatic rings. The van der Waals surface area contributed by atoms with Crippen LogP contribution < -0.4 is 0 Å². The number of unbranched alkanes of at least 4 members (excludes halogenated alkanes) is 4. The van der Waals surface area contributed by atoms with E-state index in [9.17, 15) is 9.18 Å². The maximum atomic E-state index is 13.6. The number of rotatable bonds is 6. The molecule has 0 bridgehead atoms. The van der Waals surface area contributed by atoms with E-state index in [0.717, 1.165) is 30.4 Å². The van der Waals surface area contributed by atoms with Crippen LogP contribution in [0.2, 0.25) is 0 Å². The Labute approximate surface area is 142 Å². The average molecular weight is 324 g/mol. The molecule has 24 heavy (non-hydrogen) atoms. The molecule has 0 amide bonds. The van der Waals surface area contributed by atoms with E-state index in [1.165, 1.54) is 25.0 Å². The first kappa shape index (κ1) is 17.7. The molecule has 0 saturated heterocycles. The summed E-state index contributed by atoms with van der Waals surface area (Å²) in [6.07, 6.45) is 5.42. The lowest BCUT2D eigenvalue weighted by Crippen LogP contribution is -1.95. The highest BCUT2D eigenvalue weighted by atomic mass is 19.1. The fourth-order valence-electron chi connectivity index (χ4n) is 2.46. The van der Waals surface area contributed by atoms with Crippen molar-refractivity contribution in [2.45, 2.75) is 39.0 Å². The van der Waals surface area contributed by atoms with E-state index >= 15 is 0 Å². The van der Waals surface area contributed by atoms with Gasteiger partial charge in [-0.15, -0.1) is 0 Å². The molecule has 0 spiro atoms. The molecule has 0 aliphatic heterocycles. The number of aromatic carboxylic acids is 1. The lowest BCUT2D eigenvalue weighted by molar-refractivity contribution is 0.0697. The Morgan fingerprint density at radius 3 is 2.50 bits per heavy atom. The molecule has 0 radical (unpaired) electrons. The van der Waals surface area contributed by atoms with E-state index < -0.39 is 5.97 Å². The minimum absolute atomic E-state index is 0.226. The van der Waals surface area contributed by atoms with Gasteiger partial charge in [-0.25, -0.2) is 9.18 Å². The Morgan fingerprint density at radius 1 is 1.08 bits per heavy atom. The summed E-state index contributed by atoms with van der Waals surface area (Å²) in [6.45, 7) is 2.17. The van der Waals surface area contributed by atoms with Gasteiger partial charge in [0.05, 0.1) is 5.56 Å². The van der Waals surface area contributed by atoms with Gasteiger partial charge < -0.3 is 5.11 Å². The number of benzene rings is 2. The predicted octanol–water partition coefficient (Wildman–Crippen LogP) is 5.51. The lowest BCUT2D eigenvalue weighted by atomic mass is 9.98. The summed E-state index contributed by atoms with van der Waals surface area (Å²) in [5, 5.41) is 8.97. The van der Waals surface area contributed by atoms with Gasteiger partial charge >= 0.3 is 5.97 Å². The molecule has 2 nitrogen and oxygen atoms in total. The molecule has 0 unspecified atom stereocenters. The maximum Gasteiger partial charge on any atom is 0.335 e.